The highest BCUT2D eigenvalue weighted by Crippen LogP contribution is 2.29. The fraction of sp³-hybridized carbons (Fsp3) is 0.529. The van der Waals surface area contributed by atoms with Gasteiger partial charge in [-0.1, -0.05) is 43.2 Å². The topological polar surface area (TPSA) is 92.9 Å². The first-order valence-electron chi connectivity index (χ1n) is 8.46. The van der Waals surface area contributed by atoms with Gasteiger partial charge in [0.25, 0.3) is 0 Å². The monoisotopic (exact) mass is 329 g/mol. The molecule has 1 aliphatic carbocycles. The van der Waals surface area contributed by atoms with Gasteiger partial charge in [-0.2, -0.15) is 4.80 Å². The molecule has 3 rings (SSSR count). The lowest BCUT2D eigenvalue weighted by Gasteiger charge is -2.27. The van der Waals surface area contributed by atoms with Crippen LogP contribution in [0.4, 0.5) is 0 Å². The summed E-state index contributed by atoms with van der Waals surface area (Å²) >= 11 is 0. The summed E-state index contributed by atoms with van der Waals surface area (Å²) in [4.78, 5) is 13.6. The number of aryl methyl sites for hydroxylation is 1. The van der Waals surface area contributed by atoms with Crippen molar-refractivity contribution in [1.82, 2.24) is 25.5 Å². The number of nitrogens with zero attached hydrogens (tertiary/aromatic N) is 4. The Labute approximate surface area is 141 Å². The summed E-state index contributed by atoms with van der Waals surface area (Å²) in [5, 5.41) is 24.9. The van der Waals surface area contributed by atoms with Crippen LogP contribution in [0.25, 0.3) is 11.4 Å². The van der Waals surface area contributed by atoms with Crippen LogP contribution in [0.3, 0.4) is 0 Å². The van der Waals surface area contributed by atoms with Crippen molar-refractivity contribution in [3.8, 4) is 11.4 Å². The van der Waals surface area contributed by atoms with Crippen molar-refractivity contribution in [2.45, 2.75) is 50.6 Å². The first-order chi connectivity index (χ1) is 11.7. The van der Waals surface area contributed by atoms with Crippen molar-refractivity contribution < 1.29 is 9.90 Å². The molecule has 1 amide bonds. The number of hydrogen-bond acceptors (Lipinski definition) is 5. The van der Waals surface area contributed by atoms with E-state index in [1.165, 1.54) is 4.80 Å². The summed E-state index contributed by atoms with van der Waals surface area (Å²) < 4.78 is 0. The van der Waals surface area contributed by atoms with Crippen LogP contribution in [0.15, 0.2) is 30.3 Å². The second kappa shape index (κ2) is 7.53. The standard InChI is InChI=1S/C17H23N5O2/c23-13-17(10-4-5-11-17)18-15(24)9-6-12-22-20-16(19-21-22)14-7-2-1-3-8-14/h1-3,7-8,23H,4-6,9-13H2,(H,18,24). The van der Waals surface area contributed by atoms with Gasteiger partial charge in [0.05, 0.1) is 18.7 Å². The Morgan fingerprint density at radius 2 is 2.00 bits per heavy atom. The number of hydrogen-bond donors (Lipinski definition) is 2. The molecular formula is C17H23N5O2. The Morgan fingerprint density at radius 3 is 2.71 bits per heavy atom. The third-order valence-corrected chi connectivity index (χ3v) is 4.51. The Balaban J connectivity index is 1.46. The predicted octanol–water partition coefficient (Wildman–Crippen LogP) is 1.54. The maximum absolute atomic E-state index is 12.1. The molecule has 0 atom stereocenters. The van der Waals surface area contributed by atoms with Crippen molar-refractivity contribution in [3.05, 3.63) is 30.3 Å². The molecule has 2 N–H and O–H groups in total. The average molecular weight is 329 g/mol. The molecule has 0 aliphatic heterocycles. The molecule has 1 aliphatic rings. The van der Waals surface area contributed by atoms with Crippen LogP contribution in [-0.4, -0.2) is 43.4 Å². The highest BCUT2D eigenvalue weighted by atomic mass is 16.3. The molecule has 7 heteroatoms. The third kappa shape index (κ3) is 3.97. The quantitative estimate of drug-likeness (QED) is 0.804. The number of aliphatic hydroxyl groups excluding tert-OH is 1. The second-order valence-electron chi connectivity index (χ2n) is 6.37. The Hall–Kier alpha value is -2.28. The first kappa shape index (κ1) is 16.6. The van der Waals surface area contributed by atoms with E-state index in [4.69, 9.17) is 0 Å². The molecule has 128 valence electrons. The molecule has 0 saturated heterocycles. The van der Waals surface area contributed by atoms with Gasteiger partial charge in [0.1, 0.15) is 0 Å². The van der Waals surface area contributed by atoms with Gasteiger partial charge in [-0.25, -0.2) is 0 Å². The lowest BCUT2D eigenvalue weighted by molar-refractivity contribution is -0.123. The van der Waals surface area contributed by atoms with Crippen molar-refractivity contribution >= 4 is 5.91 Å². The van der Waals surface area contributed by atoms with Crippen LogP contribution in [0.1, 0.15) is 38.5 Å². The number of carbonyl (C=O) groups excluding carboxylic acids is 1. The molecule has 0 radical (unpaired) electrons. The minimum atomic E-state index is -0.400. The third-order valence-electron chi connectivity index (χ3n) is 4.51. The maximum atomic E-state index is 12.1. The lowest BCUT2D eigenvalue weighted by Crippen LogP contribution is -2.49. The summed E-state index contributed by atoms with van der Waals surface area (Å²) in [6.45, 7) is 0.559. The van der Waals surface area contributed by atoms with Gasteiger partial charge < -0.3 is 10.4 Å². The van der Waals surface area contributed by atoms with Gasteiger partial charge in [0, 0.05) is 12.0 Å². The smallest absolute Gasteiger partial charge is 0.220 e. The van der Waals surface area contributed by atoms with Crippen LogP contribution in [0.5, 0.6) is 0 Å². The number of rotatable bonds is 7. The van der Waals surface area contributed by atoms with Gasteiger partial charge in [0.15, 0.2) is 0 Å². The van der Waals surface area contributed by atoms with Crippen LogP contribution < -0.4 is 5.32 Å². The zero-order chi connectivity index (χ0) is 16.8. The molecular weight excluding hydrogens is 306 g/mol. The molecule has 2 aromatic rings. The summed E-state index contributed by atoms with van der Waals surface area (Å²) in [6.07, 6.45) is 4.88. The molecule has 0 spiro atoms. The van der Waals surface area contributed by atoms with E-state index < -0.39 is 5.54 Å². The highest BCUT2D eigenvalue weighted by molar-refractivity contribution is 5.76. The Kier molecular flexibility index (Phi) is 5.20. The van der Waals surface area contributed by atoms with Gasteiger partial charge in [-0.3, -0.25) is 4.79 Å². The van der Waals surface area contributed by atoms with Crippen molar-refractivity contribution in [1.29, 1.82) is 0 Å². The molecule has 0 bridgehead atoms. The number of nitrogens with one attached hydrogen (secondary N) is 1. The molecule has 1 aromatic heterocycles. The minimum absolute atomic E-state index is 0.0177. The molecule has 0 unspecified atom stereocenters. The van der Waals surface area contributed by atoms with Gasteiger partial charge in [0.2, 0.25) is 11.7 Å². The number of carbonyl (C=O) groups is 1. The zero-order valence-electron chi connectivity index (χ0n) is 13.7. The SMILES string of the molecule is O=C(CCCn1nnc(-c2ccccc2)n1)NC1(CO)CCCC1. The predicted molar refractivity (Wildman–Crippen MR) is 88.9 cm³/mol. The van der Waals surface area contributed by atoms with Crippen LogP contribution in [-0.2, 0) is 11.3 Å². The van der Waals surface area contributed by atoms with E-state index in [-0.39, 0.29) is 12.5 Å². The van der Waals surface area contributed by atoms with Gasteiger partial charge >= 0.3 is 0 Å². The molecule has 1 aromatic carbocycles. The van der Waals surface area contributed by atoms with E-state index in [1.54, 1.807) is 0 Å². The van der Waals surface area contributed by atoms with E-state index >= 15 is 0 Å². The summed E-state index contributed by atoms with van der Waals surface area (Å²) in [5.74, 6) is 0.569. The Morgan fingerprint density at radius 1 is 1.25 bits per heavy atom. The number of benzene rings is 1. The average Bonchev–Trinajstić information content (AvgIpc) is 3.26. The maximum Gasteiger partial charge on any atom is 0.220 e. The van der Waals surface area contributed by atoms with Gasteiger partial charge in [-0.15, -0.1) is 10.2 Å². The van der Waals surface area contributed by atoms with Crippen LogP contribution >= 0.6 is 0 Å². The van der Waals surface area contributed by atoms with Gasteiger partial charge in [-0.05, 0) is 24.5 Å². The number of amides is 1. The van der Waals surface area contributed by atoms with Crippen molar-refractivity contribution in [3.63, 3.8) is 0 Å². The van der Waals surface area contributed by atoms with Crippen molar-refractivity contribution in [2.24, 2.45) is 0 Å². The van der Waals surface area contributed by atoms with E-state index in [0.29, 0.717) is 25.2 Å². The molecule has 24 heavy (non-hydrogen) atoms. The normalized spacial score (nSPS) is 16.2. The second-order valence-corrected chi connectivity index (χ2v) is 6.37. The molecule has 7 nitrogen and oxygen atoms in total. The fourth-order valence-corrected chi connectivity index (χ4v) is 3.15. The van der Waals surface area contributed by atoms with Crippen molar-refractivity contribution in [2.75, 3.05) is 6.61 Å². The zero-order valence-corrected chi connectivity index (χ0v) is 13.7. The van der Waals surface area contributed by atoms with E-state index in [0.717, 1.165) is 31.2 Å². The molecule has 1 heterocycles. The largest absolute Gasteiger partial charge is 0.394 e. The summed E-state index contributed by atoms with van der Waals surface area (Å²) in [6, 6.07) is 9.67. The minimum Gasteiger partial charge on any atom is -0.394 e. The van der Waals surface area contributed by atoms with Crippen LogP contribution in [0, 0.1) is 0 Å². The summed E-state index contributed by atoms with van der Waals surface area (Å²) in [5.41, 5.74) is 0.524. The summed E-state index contributed by atoms with van der Waals surface area (Å²) in [7, 11) is 0. The number of aliphatic hydroxyl groups is 1. The van der Waals surface area contributed by atoms with E-state index in [1.807, 2.05) is 30.3 Å². The van der Waals surface area contributed by atoms with Crippen LogP contribution in [0.2, 0.25) is 0 Å². The fourth-order valence-electron chi connectivity index (χ4n) is 3.15. The van der Waals surface area contributed by atoms with E-state index in [9.17, 15) is 9.90 Å². The lowest BCUT2D eigenvalue weighted by atomic mass is 9.98. The van der Waals surface area contributed by atoms with E-state index in [2.05, 4.69) is 20.7 Å². The first-order valence-corrected chi connectivity index (χ1v) is 8.46. The number of aromatic nitrogens is 4. The molecule has 1 fully saturated rings. The molecule has 1 saturated carbocycles. The highest BCUT2D eigenvalue weighted by Gasteiger charge is 2.34. The Bertz CT molecular complexity index is 665. The number of tetrazole rings is 1.